The molecule has 0 saturated carbocycles. The Morgan fingerprint density at radius 1 is 1.10 bits per heavy atom. The average Bonchev–Trinajstić information content (AvgIpc) is 3.28. The molecule has 0 spiro atoms. The lowest BCUT2D eigenvalue weighted by atomic mass is 10.1. The van der Waals surface area contributed by atoms with Crippen LogP contribution in [-0.4, -0.2) is 51.5 Å². The van der Waals surface area contributed by atoms with Crippen molar-refractivity contribution in [1.29, 1.82) is 0 Å². The number of benzene rings is 2. The van der Waals surface area contributed by atoms with Gasteiger partial charge in [0.15, 0.2) is 5.82 Å². The summed E-state index contributed by atoms with van der Waals surface area (Å²) in [6.07, 6.45) is 3.59. The van der Waals surface area contributed by atoms with Crippen LogP contribution in [0.15, 0.2) is 60.9 Å². The molecule has 3 heterocycles. The summed E-state index contributed by atoms with van der Waals surface area (Å²) in [5.41, 5.74) is 7.70. The zero-order valence-corrected chi connectivity index (χ0v) is 17.4. The minimum absolute atomic E-state index is 0.182. The molecule has 31 heavy (non-hydrogen) atoms. The van der Waals surface area contributed by atoms with Crippen LogP contribution >= 0.6 is 0 Å². The molecular weight excluding hydrogens is 390 g/mol. The van der Waals surface area contributed by atoms with Crippen LogP contribution in [0.3, 0.4) is 0 Å². The van der Waals surface area contributed by atoms with Crippen molar-refractivity contribution in [2.24, 2.45) is 0 Å². The molecule has 5 rings (SSSR count). The molecule has 0 bridgehead atoms. The number of hydrazine groups is 1. The number of ether oxygens (including phenoxy) is 1. The molecule has 1 fully saturated rings. The molecule has 2 aromatic carbocycles. The fourth-order valence-electron chi connectivity index (χ4n) is 3.72. The van der Waals surface area contributed by atoms with Crippen LogP contribution in [0.25, 0.3) is 22.3 Å². The summed E-state index contributed by atoms with van der Waals surface area (Å²) in [4.78, 5) is 9.22. The number of nitrogens with zero attached hydrogens (tertiary/aromatic N) is 4. The van der Waals surface area contributed by atoms with Gasteiger partial charge < -0.3 is 10.1 Å². The Hall–Kier alpha value is -3.33. The molecule has 3 N–H and O–H groups in total. The third-order valence-corrected chi connectivity index (χ3v) is 5.40. The second-order valence-electron chi connectivity index (χ2n) is 7.64. The third kappa shape index (κ3) is 4.56. The van der Waals surface area contributed by atoms with E-state index in [0.29, 0.717) is 5.82 Å². The Morgan fingerprint density at radius 2 is 2.00 bits per heavy atom. The molecule has 1 aliphatic heterocycles. The van der Waals surface area contributed by atoms with E-state index < -0.39 is 0 Å². The number of hydrogen-bond acceptors (Lipinski definition) is 7. The van der Waals surface area contributed by atoms with Gasteiger partial charge in [0.25, 0.3) is 0 Å². The van der Waals surface area contributed by atoms with Crippen molar-refractivity contribution in [2.45, 2.75) is 13.0 Å². The van der Waals surface area contributed by atoms with Crippen LogP contribution in [0.2, 0.25) is 0 Å². The van der Waals surface area contributed by atoms with E-state index >= 15 is 0 Å². The summed E-state index contributed by atoms with van der Waals surface area (Å²) in [6.45, 7) is 5.48. The van der Waals surface area contributed by atoms with Crippen molar-refractivity contribution >= 4 is 22.4 Å². The molecule has 0 radical (unpaired) electrons. The highest BCUT2D eigenvalue weighted by Crippen LogP contribution is 2.24. The highest BCUT2D eigenvalue weighted by molar-refractivity contribution is 5.82. The first-order valence-corrected chi connectivity index (χ1v) is 10.5. The maximum atomic E-state index is 5.43. The summed E-state index contributed by atoms with van der Waals surface area (Å²) in [7, 11) is 0. The predicted molar refractivity (Wildman–Crippen MR) is 121 cm³/mol. The number of rotatable bonds is 6. The van der Waals surface area contributed by atoms with Crippen molar-refractivity contribution in [3.8, 4) is 11.4 Å². The van der Waals surface area contributed by atoms with Crippen molar-refractivity contribution < 1.29 is 4.74 Å². The van der Waals surface area contributed by atoms with Gasteiger partial charge in [-0.25, -0.2) is 20.4 Å². The van der Waals surface area contributed by atoms with Crippen LogP contribution in [0.5, 0.6) is 0 Å². The molecule has 1 aliphatic rings. The largest absolute Gasteiger partial charge is 0.379 e. The van der Waals surface area contributed by atoms with E-state index in [9.17, 15) is 0 Å². The van der Waals surface area contributed by atoms with Gasteiger partial charge in [-0.2, -0.15) is 5.10 Å². The summed E-state index contributed by atoms with van der Waals surface area (Å²) in [6, 6.07) is 16.5. The zero-order valence-electron chi connectivity index (χ0n) is 17.4. The van der Waals surface area contributed by atoms with Crippen LogP contribution in [-0.2, 0) is 4.74 Å². The Bertz CT molecular complexity index is 1170. The van der Waals surface area contributed by atoms with E-state index in [1.807, 2.05) is 36.5 Å². The number of H-pyrrole nitrogens is 1. The third-order valence-electron chi connectivity index (χ3n) is 5.40. The van der Waals surface area contributed by atoms with Crippen LogP contribution in [0.1, 0.15) is 18.5 Å². The lowest BCUT2D eigenvalue weighted by Gasteiger charge is -2.30. The molecule has 0 aliphatic carbocycles. The highest BCUT2D eigenvalue weighted by Gasteiger charge is 2.15. The molecule has 8 nitrogen and oxygen atoms in total. The Labute approximate surface area is 180 Å². The SMILES string of the molecule is CC(NN1CCOCC1)c1cccc(-c2nccc(Nc3ccc4[nH]ncc4c3)n2)c1. The fraction of sp³-hybridized carbons (Fsp3) is 0.261. The topological polar surface area (TPSA) is 91.0 Å². The number of aromatic amines is 1. The molecule has 1 saturated heterocycles. The molecule has 0 amide bonds. The second-order valence-corrected chi connectivity index (χ2v) is 7.64. The van der Waals surface area contributed by atoms with Gasteiger partial charge in [-0.15, -0.1) is 0 Å². The number of anilines is 2. The zero-order chi connectivity index (χ0) is 21.0. The van der Waals surface area contributed by atoms with Crippen molar-refractivity contribution in [2.75, 3.05) is 31.6 Å². The first-order valence-electron chi connectivity index (χ1n) is 10.5. The van der Waals surface area contributed by atoms with Gasteiger partial charge in [0.2, 0.25) is 0 Å². The Kier molecular flexibility index (Phi) is 5.57. The minimum Gasteiger partial charge on any atom is -0.379 e. The Balaban J connectivity index is 1.33. The molecule has 1 atom stereocenters. The Morgan fingerprint density at radius 3 is 2.90 bits per heavy atom. The summed E-state index contributed by atoms with van der Waals surface area (Å²) in [5.74, 6) is 1.44. The number of morpholine rings is 1. The standard InChI is InChI=1S/C23H25N7O/c1-16(29-30-9-11-31-12-10-30)17-3-2-4-18(13-17)23-24-8-7-22(27-23)26-20-5-6-21-19(14-20)15-25-28-21/h2-8,13-16,29H,9-12H2,1H3,(H,25,28)(H,24,26,27). The van der Waals surface area contributed by atoms with Gasteiger partial charge >= 0.3 is 0 Å². The van der Waals surface area contributed by atoms with Crippen molar-refractivity contribution in [3.63, 3.8) is 0 Å². The number of hydrogen-bond donors (Lipinski definition) is 3. The van der Waals surface area contributed by atoms with Gasteiger partial charge in [-0.05, 0) is 42.8 Å². The average molecular weight is 416 g/mol. The van der Waals surface area contributed by atoms with Gasteiger partial charge in [0, 0.05) is 42.0 Å². The van der Waals surface area contributed by atoms with E-state index in [2.05, 4.69) is 56.1 Å². The lowest BCUT2D eigenvalue weighted by molar-refractivity contribution is 0.00485. The van der Waals surface area contributed by atoms with E-state index in [1.54, 1.807) is 6.20 Å². The number of fused-ring (bicyclic) bond motifs is 1. The first-order chi connectivity index (χ1) is 15.2. The van der Waals surface area contributed by atoms with E-state index in [0.717, 1.165) is 54.3 Å². The van der Waals surface area contributed by atoms with E-state index in [1.165, 1.54) is 5.56 Å². The van der Waals surface area contributed by atoms with E-state index in [-0.39, 0.29) is 6.04 Å². The van der Waals surface area contributed by atoms with Crippen LogP contribution in [0.4, 0.5) is 11.5 Å². The van der Waals surface area contributed by atoms with E-state index in [4.69, 9.17) is 9.72 Å². The molecule has 1 unspecified atom stereocenters. The van der Waals surface area contributed by atoms with Crippen LogP contribution in [0, 0.1) is 0 Å². The van der Waals surface area contributed by atoms with Gasteiger partial charge in [-0.3, -0.25) is 5.10 Å². The second kappa shape index (κ2) is 8.81. The molecule has 2 aromatic heterocycles. The van der Waals surface area contributed by atoms with Gasteiger partial charge in [-0.1, -0.05) is 18.2 Å². The van der Waals surface area contributed by atoms with Crippen molar-refractivity contribution in [3.05, 3.63) is 66.5 Å². The highest BCUT2D eigenvalue weighted by atomic mass is 16.5. The lowest BCUT2D eigenvalue weighted by Crippen LogP contribution is -2.46. The number of nitrogens with one attached hydrogen (secondary N) is 3. The monoisotopic (exact) mass is 415 g/mol. The molecule has 158 valence electrons. The molecule has 8 heteroatoms. The molecule has 4 aromatic rings. The fourth-order valence-corrected chi connectivity index (χ4v) is 3.72. The maximum Gasteiger partial charge on any atom is 0.161 e. The summed E-state index contributed by atoms with van der Waals surface area (Å²) < 4.78 is 5.43. The van der Waals surface area contributed by atoms with Crippen LogP contribution < -0.4 is 10.7 Å². The number of aromatic nitrogens is 4. The maximum absolute atomic E-state index is 5.43. The van der Waals surface area contributed by atoms with Gasteiger partial charge in [0.1, 0.15) is 5.82 Å². The smallest absolute Gasteiger partial charge is 0.161 e. The normalized spacial score (nSPS) is 15.8. The minimum atomic E-state index is 0.182. The summed E-state index contributed by atoms with van der Waals surface area (Å²) in [5, 5.41) is 13.7. The predicted octanol–water partition coefficient (Wildman–Crippen LogP) is 3.66. The van der Waals surface area contributed by atoms with Crippen molar-refractivity contribution in [1.82, 2.24) is 30.6 Å². The summed E-state index contributed by atoms with van der Waals surface area (Å²) >= 11 is 0. The molecular formula is C23H25N7O. The van der Waals surface area contributed by atoms with Gasteiger partial charge in [0.05, 0.1) is 24.9 Å². The first kappa shape index (κ1) is 19.6. The quantitative estimate of drug-likeness (QED) is 0.443.